The van der Waals surface area contributed by atoms with Crippen LogP contribution >= 0.6 is 0 Å². The zero-order valence-electron chi connectivity index (χ0n) is 8.29. The summed E-state index contributed by atoms with van der Waals surface area (Å²) in [4.78, 5) is 10.9. The molecule has 0 bridgehead atoms. The number of aryl methyl sites for hydroxylation is 1. The number of hydrogen-bond donors (Lipinski definition) is 1. The van der Waals surface area contributed by atoms with Gasteiger partial charge in [-0.2, -0.15) is 0 Å². The van der Waals surface area contributed by atoms with Gasteiger partial charge in [0.05, 0.1) is 0 Å². The summed E-state index contributed by atoms with van der Waals surface area (Å²) in [6.07, 6.45) is 0. The summed E-state index contributed by atoms with van der Waals surface area (Å²) in [6.45, 7) is 6.16. The van der Waals surface area contributed by atoms with Crippen molar-refractivity contribution in [2.45, 2.75) is 34.1 Å². The van der Waals surface area contributed by atoms with Gasteiger partial charge in [-0.25, -0.2) is 0 Å². The molecule has 1 aromatic rings. The lowest BCUT2D eigenvalue weighted by Gasteiger charge is -2.08. The number of rotatable bonds is 2. The van der Waals surface area contributed by atoms with Crippen LogP contribution in [-0.2, 0) is 0 Å². The van der Waals surface area contributed by atoms with Crippen LogP contribution in [0.1, 0.15) is 48.7 Å². The van der Waals surface area contributed by atoms with E-state index in [9.17, 15) is 4.79 Å². The third-order valence-electron chi connectivity index (χ3n) is 2.18. The van der Waals surface area contributed by atoms with Gasteiger partial charge in [-0.05, 0) is 30.0 Å². The highest BCUT2D eigenvalue weighted by atomic mass is 16.1. The van der Waals surface area contributed by atoms with Crippen LogP contribution in [0.5, 0.6) is 0 Å². The molecule has 1 rings (SSSR count). The Morgan fingerprint density at radius 2 is 1.93 bits per heavy atom. The van der Waals surface area contributed by atoms with Crippen LogP contribution in [-0.4, -0.2) is 5.91 Å². The molecule has 0 saturated carbocycles. The van der Waals surface area contributed by atoms with Crippen LogP contribution in [0.2, 0.25) is 0 Å². The molecule has 2 N–H and O–H groups in total. The van der Waals surface area contributed by atoms with Gasteiger partial charge in [-0.3, -0.25) is 4.79 Å². The molecule has 14 heavy (non-hydrogen) atoms. The molecule has 0 aromatic heterocycles. The minimum atomic E-state index is -0.354. The van der Waals surface area contributed by atoms with Gasteiger partial charge in [0.25, 0.3) is 0 Å². The quantitative estimate of drug-likeness (QED) is 0.771. The second kappa shape index (κ2) is 4.80. The van der Waals surface area contributed by atoms with Gasteiger partial charge >= 0.3 is 0 Å². The molecule has 0 fully saturated rings. The minimum absolute atomic E-state index is 0. The number of carbonyl (C=O) groups excluding carboxylic acids is 1. The summed E-state index contributed by atoms with van der Waals surface area (Å²) < 4.78 is 0. The van der Waals surface area contributed by atoms with E-state index in [-0.39, 0.29) is 13.3 Å². The highest BCUT2D eigenvalue weighted by molar-refractivity contribution is 5.94. The van der Waals surface area contributed by atoms with E-state index in [0.717, 1.165) is 5.56 Å². The minimum Gasteiger partial charge on any atom is -0.366 e. The maximum absolute atomic E-state index is 10.9. The highest BCUT2D eigenvalue weighted by Gasteiger charge is 2.06. The molecule has 0 unspecified atom stereocenters. The van der Waals surface area contributed by atoms with Gasteiger partial charge < -0.3 is 5.73 Å². The van der Waals surface area contributed by atoms with E-state index in [0.29, 0.717) is 11.5 Å². The van der Waals surface area contributed by atoms with E-state index in [1.54, 1.807) is 6.07 Å². The van der Waals surface area contributed by atoms with Crippen molar-refractivity contribution in [2.24, 2.45) is 5.73 Å². The van der Waals surface area contributed by atoms with Gasteiger partial charge in [0.2, 0.25) is 5.91 Å². The second-order valence-corrected chi connectivity index (χ2v) is 3.59. The Morgan fingerprint density at radius 3 is 2.29 bits per heavy atom. The maximum Gasteiger partial charge on any atom is 0.248 e. The van der Waals surface area contributed by atoms with Crippen molar-refractivity contribution in [3.8, 4) is 0 Å². The van der Waals surface area contributed by atoms with Crippen LogP contribution in [0.25, 0.3) is 0 Å². The van der Waals surface area contributed by atoms with Crippen molar-refractivity contribution >= 4 is 5.91 Å². The van der Waals surface area contributed by atoms with Gasteiger partial charge in [0, 0.05) is 5.56 Å². The van der Waals surface area contributed by atoms with Crippen molar-refractivity contribution in [1.29, 1.82) is 0 Å². The zero-order chi connectivity index (χ0) is 10.0. The average molecular weight is 193 g/mol. The number of amides is 1. The van der Waals surface area contributed by atoms with Gasteiger partial charge in [0.15, 0.2) is 0 Å². The third kappa shape index (κ3) is 2.59. The topological polar surface area (TPSA) is 43.1 Å². The molecule has 78 valence electrons. The van der Waals surface area contributed by atoms with E-state index in [1.165, 1.54) is 5.56 Å². The first-order chi connectivity index (χ1) is 6.02. The lowest BCUT2D eigenvalue weighted by molar-refractivity contribution is 0.0999. The number of primary amides is 1. The zero-order valence-corrected chi connectivity index (χ0v) is 8.29. The molecule has 1 amide bonds. The van der Waals surface area contributed by atoms with Crippen molar-refractivity contribution in [3.05, 3.63) is 34.9 Å². The first kappa shape index (κ1) is 12.7. The summed E-state index contributed by atoms with van der Waals surface area (Å²) in [5.74, 6) is 0.133. The second-order valence-electron chi connectivity index (χ2n) is 3.59. The summed E-state index contributed by atoms with van der Waals surface area (Å²) in [5.41, 5.74) is 8.01. The predicted octanol–water partition coefficient (Wildman–Crippen LogP) is 2.85. The van der Waals surface area contributed by atoms with Crippen molar-refractivity contribution in [3.63, 3.8) is 0 Å². The summed E-state index contributed by atoms with van der Waals surface area (Å²) in [6, 6.07) is 5.77. The molecule has 2 nitrogen and oxygen atoms in total. The Balaban J connectivity index is 0.00000169. The lowest BCUT2D eigenvalue weighted by Crippen LogP contribution is -2.12. The fraction of sp³-hybridized carbons (Fsp3) is 0.417. The number of carbonyl (C=O) groups is 1. The molecule has 1 aromatic carbocycles. The average Bonchev–Trinajstić information content (AvgIpc) is 2.03. The van der Waals surface area contributed by atoms with Crippen LogP contribution in [0, 0.1) is 6.92 Å². The molecule has 0 aliphatic carbocycles. The monoisotopic (exact) mass is 193 g/mol. The standard InChI is InChI=1S/C11H15NO.CH4/c1-7(2)9-4-5-10(11(12)13)8(3)6-9;/h4-7H,1-3H3,(H2,12,13);1H4. The predicted molar refractivity (Wildman–Crippen MR) is 60.5 cm³/mol. The smallest absolute Gasteiger partial charge is 0.248 e. The van der Waals surface area contributed by atoms with Crippen LogP contribution in [0.3, 0.4) is 0 Å². The molecule has 0 aliphatic rings. The summed E-state index contributed by atoms with van der Waals surface area (Å²) in [5, 5.41) is 0. The van der Waals surface area contributed by atoms with E-state index in [1.807, 2.05) is 19.1 Å². The summed E-state index contributed by atoms with van der Waals surface area (Å²) in [7, 11) is 0. The molecule has 0 heterocycles. The molecule has 0 aliphatic heterocycles. The largest absolute Gasteiger partial charge is 0.366 e. The number of nitrogens with two attached hydrogens (primary N) is 1. The number of hydrogen-bond acceptors (Lipinski definition) is 1. The Kier molecular flexibility index (Phi) is 4.35. The SMILES string of the molecule is C.Cc1cc(C(C)C)ccc1C(N)=O. The Bertz CT molecular complexity index is 329. The normalized spacial score (nSPS) is 9.71. The van der Waals surface area contributed by atoms with Crippen molar-refractivity contribution in [1.82, 2.24) is 0 Å². The number of benzene rings is 1. The first-order valence-corrected chi connectivity index (χ1v) is 4.42. The molecule has 0 radical (unpaired) electrons. The molecule has 0 saturated heterocycles. The summed E-state index contributed by atoms with van der Waals surface area (Å²) >= 11 is 0. The van der Waals surface area contributed by atoms with Crippen molar-refractivity contribution < 1.29 is 4.79 Å². The van der Waals surface area contributed by atoms with E-state index < -0.39 is 0 Å². The molecular weight excluding hydrogens is 174 g/mol. The molecule has 0 atom stereocenters. The third-order valence-corrected chi connectivity index (χ3v) is 2.18. The van der Waals surface area contributed by atoms with Gasteiger partial charge in [0.1, 0.15) is 0 Å². The van der Waals surface area contributed by atoms with E-state index >= 15 is 0 Å². The van der Waals surface area contributed by atoms with Crippen LogP contribution in [0.15, 0.2) is 18.2 Å². The van der Waals surface area contributed by atoms with Crippen molar-refractivity contribution in [2.75, 3.05) is 0 Å². The molecule has 0 spiro atoms. The fourth-order valence-corrected chi connectivity index (χ4v) is 1.32. The first-order valence-electron chi connectivity index (χ1n) is 4.42. The highest BCUT2D eigenvalue weighted by Crippen LogP contribution is 2.17. The lowest BCUT2D eigenvalue weighted by atomic mass is 9.98. The van der Waals surface area contributed by atoms with Crippen LogP contribution < -0.4 is 5.73 Å². The van der Waals surface area contributed by atoms with Crippen LogP contribution in [0.4, 0.5) is 0 Å². The Morgan fingerprint density at radius 1 is 1.36 bits per heavy atom. The molecule has 2 heteroatoms. The van der Waals surface area contributed by atoms with E-state index in [2.05, 4.69) is 13.8 Å². The fourth-order valence-electron chi connectivity index (χ4n) is 1.32. The Hall–Kier alpha value is -1.31. The Labute approximate surface area is 86.1 Å². The van der Waals surface area contributed by atoms with E-state index in [4.69, 9.17) is 5.73 Å². The van der Waals surface area contributed by atoms with Gasteiger partial charge in [-0.15, -0.1) is 0 Å². The maximum atomic E-state index is 10.9. The van der Waals surface area contributed by atoms with Gasteiger partial charge in [-0.1, -0.05) is 33.4 Å². The molecular formula is C12H19NO.